The van der Waals surface area contributed by atoms with E-state index in [1.165, 1.54) is 4.90 Å². The third-order valence-electron chi connectivity index (χ3n) is 2.57. The van der Waals surface area contributed by atoms with Crippen molar-refractivity contribution in [1.29, 1.82) is 0 Å². The summed E-state index contributed by atoms with van der Waals surface area (Å²) in [7, 11) is 1.68. The fourth-order valence-electron chi connectivity index (χ4n) is 1.71. The first-order chi connectivity index (χ1) is 8.65. The molecule has 1 aromatic rings. The van der Waals surface area contributed by atoms with E-state index in [4.69, 9.17) is 4.74 Å². The van der Waals surface area contributed by atoms with E-state index < -0.39 is 0 Å². The standard InChI is InChI=1S/C14H23NO2S/c1-11(2)15-12(10-16)7-8-18-14-6-4-5-13(9-14)17-3/h4-6,9,11-12,15-16H,7-8,10H2,1-3H3. The summed E-state index contributed by atoms with van der Waals surface area (Å²) in [5, 5.41) is 12.6. The molecule has 1 aromatic carbocycles. The molecule has 4 heteroatoms. The van der Waals surface area contributed by atoms with Crippen molar-refractivity contribution in [3.05, 3.63) is 24.3 Å². The van der Waals surface area contributed by atoms with E-state index in [0.717, 1.165) is 17.9 Å². The minimum atomic E-state index is 0.183. The van der Waals surface area contributed by atoms with Gasteiger partial charge < -0.3 is 15.2 Å². The molecule has 0 aliphatic carbocycles. The molecule has 0 saturated heterocycles. The van der Waals surface area contributed by atoms with Gasteiger partial charge in [-0.25, -0.2) is 0 Å². The number of hydrogen-bond acceptors (Lipinski definition) is 4. The number of ether oxygens (including phenoxy) is 1. The van der Waals surface area contributed by atoms with Crippen LogP contribution >= 0.6 is 11.8 Å². The predicted molar refractivity (Wildman–Crippen MR) is 77.5 cm³/mol. The predicted octanol–water partition coefficient (Wildman–Crippen LogP) is 2.54. The summed E-state index contributed by atoms with van der Waals surface area (Å²) in [5.74, 6) is 1.87. The van der Waals surface area contributed by atoms with Gasteiger partial charge in [0.15, 0.2) is 0 Å². The normalized spacial score (nSPS) is 12.7. The zero-order chi connectivity index (χ0) is 13.4. The van der Waals surface area contributed by atoms with Gasteiger partial charge >= 0.3 is 0 Å². The van der Waals surface area contributed by atoms with Gasteiger partial charge in [-0.3, -0.25) is 0 Å². The SMILES string of the molecule is COc1cccc(SCCC(CO)NC(C)C)c1. The van der Waals surface area contributed by atoms with Crippen molar-refractivity contribution in [2.45, 2.75) is 37.2 Å². The lowest BCUT2D eigenvalue weighted by Crippen LogP contribution is -2.37. The molecular weight excluding hydrogens is 246 g/mol. The second-order valence-electron chi connectivity index (χ2n) is 4.52. The van der Waals surface area contributed by atoms with Crippen LogP contribution in [0.4, 0.5) is 0 Å². The first-order valence-corrected chi connectivity index (χ1v) is 7.28. The van der Waals surface area contributed by atoms with Crippen molar-refractivity contribution in [2.75, 3.05) is 19.5 Å². The van der Waals surface area contributed by atoms with Crippen LogP contribution in [0.15, 0.2) is 29.2 Å². The fourth-order valence-corrected chi connectivity index (χ4v) is 2.72. The van der Waals surface area contributed by atoms with Crippen molar-refractivity contribution in [1.82, 2.24) is 5.32 Å². The number of hydrogen-bond donors (Lipinski definition) is 2. The molecule has 0 amide bonds. The summed E-state index contributed by atoms with van der Waals surface area (Å²) in [5.41, 5.74) is 0. The van der Waals surface area contributed by atoms with E-state index in [-0.39, 0.29) is 12.6 Å². The van der Waals surface area contributed by atoms with Gasteiger partial charge in [-0.05, 0) is 30.4 Å². The lowest BCUT2D eigenvalue weighted by atomic mass is 10.2. The van der Waals surface area contributed by atoms with Crippen LogP contribution in [0.5, 0.6) is 5.75 Å². The molecule has 0 spiro atoms. The molecule has 0 aliphatic rings. The monoisotopic (exact) mass is 269 g/mol. The fraction of sp³-hybridized carbons (Fsp3) is 0.571. The van der Waals surface area contributed by atoms with Gasteiger partial charge in [0.25, 0.3) is 0 Å². The average Bonchev–Trinajstić information content (AvgIpc) is 2.37. The van der Waals surface area contributed by atoms with E-state index in [1.54, 1.807) is 18.9 Å². The van der Waals surface area contributed by atoms with Gasteiger partial charge in [0.1, 0.15) is 5.75 Å². The molecule has 0 saturated carbocycles. The number of benzene rings is 1. The second-order valence-corrected chi connectivity index (χ2v) is 5.69. The molecular formula is C14H23NO2S. The Morgan fingerprint density at radius 2 is 2.17 bits per heavy atom. The molecule has 0 bridgehead atoms. The Bertz CT molecular complexity index is 344. The van der Waals surface area contributed by atoms with Crippen LogP contribution in [0.1, 0.15) is 20.3 Å². The molecule has 0 fully saturated rings. The summed E-state index contributed by atoms with van der Waals surface area (Å²) in [4.78, 5) is 1.20. The number of rotatable bonds is 8. The number of aliphatic hydroxyl groups excluding tert-OH is 1. The molecule has 102 valence electrons. The third-order valence-corrected chi connectivity index (χ3v) is 3.59. The van der Waals surface area contributed by atoms with Crippen LogP contribution in [0.25, 0.3) is 0 Å². The highest BCUT2D eigenvalue weighted by Crippen LogP contribution is 2.23. The summed E-state index contributed by atoms with van der Waals surface area (Å²) in [6, 6.07) is 8.65. The van der Waals surface area contributed by atoms with Gasteiger partial charge in [-0.2, -0.15) is 0 Å². The summed E-state index contributed by atoms with van der Waals surface area (Å²) in [6.45, 7) is 4.38. The van der Waals surface area contributed by atoms with Crippen molar-refractivity contribution < 1.29 is 9.84 Å². The van der Waals surface area contributed by atoms with Crippen molar-refractivity contribution >= 4 is 11.8 Å². The Morgan fingerprint density at radius 1 is 1.39 bits per heavy atom. The van der Waals surface area contributed by atoms with E-state index >= 15 is 0 Å². The minimum Gasteiger partial charge on any atom is -0.497 e. The lowest BCUT2D eigenvalue weighted by Gasteiger charge is -2.18. The number of aliphatic hydroxyl groups is 1. The van der Waals surface area contributed by atoms with Crippen molar-refractivity contribution in [2.24, 2.45) is 0 Å². The van der Waals surface area contributed by atoms with Crippen LogP contribution in [-0.4, -0.2) is 36.7 Å². The minimum absolute atomic E-state index is 0.183. The van der Waals surface area contributed by atoms with Crippen LogP contribution in [-0.2, 0) is 0 Å². The molecule has 1 rings (SSSR count). The molecule has 18 heavy (non-hydrogen) atoms. The van der Waals surface area contributed by atoms with Crippen LogP contribution in [0.3, 0.4) is 0 Å². The smallest absolute Gasteiger partial charge is 0.119 e. The quantitative estimate of drug-likeness (QED) is 0.712. The van der Waals surface area contributed by atoms with Gasteiger partial charge in [0.2, 0.25) is 0 Å². The van der Waals surface area contributed by atoms with Gasteiger partial charge in [-0.15, -0.1) is 11.8 Å². The Labute approximate surface area is 114 Å². The topological polar surface area (TPSA) is 41.5 Å². The van der Waals surface area contributed by atoms with Crippen LogP contribution in [0.2, 0.25) is 0 Å². The molecule has 2 N–H and O–H groups in total. The Kier molecular flexibility index (Phi) is 7.16. The van der Waals surface area contributed by atoms with E-state index in [2.05, 4.69) is 25.2 Å². The third kappa shape index (κ3) is 5.76. The van der Waals surface area contributed by atoms with E-state index in [1.807, 2.05) is 18.2 Å². The highest BCUT2D eigenvalue weighted by atomic mass is 32.2. The molecule has 0 radical (unpaired) electrons. The zero-order valence-electron chi connectivity index (χ0n) is 11.3. The Balaban J connectivity index is 2.35. The van der Waals surface area contributed by atoms with Gasteiger partial charge in [0, 0.05) is 17.0 Å². The van der Waals surface area contributed by atoms with Crippen molar-refractivity contribution in [3.8, 4) is 5.75 Å². The second kappa shape index (κ2) is 8.40. The molecule has 0 aliphatic heterocycles. The maximum absolute atomic E-state index is 9.26. The molecule has 3 nitrogen and oxygen atoms in total. The van der Waals surface area contributed by atoms with Gasteiger partial charge in [-0.1, -0.05) is 19.9 Å². The largest absolute Gasteiger partial charge is 0.497 e. The first-order valence-electron chi connectivity index (χ1n) is 6.29. The van der Waals surface area contributed by atoms with Crippen molar-refractivity contribution in [3.63, 3.8) is 0 Å². The zero-order valence-corrected chi connectivity index (χ0v) is 12.2. The Hall–Kier alpha value is -0.710. The highest BCUT2D eigenvalue weighted by molar-refractivity contribution is 7.99. The summed E-state index contributed by atoms with van der Waals surface area (Å²) >= 11 is 1.79. The maximum Gasteiger partial charge on any atom is 0.119 e. The number of methoxy groups -OCH3 is 1. The van der Waals surface area contributed by atoms with Crippen LogP contribution < -0.4 is 10.1 Å². The highest BCUT2D eigenvalue weighted by Gasteiger charge is 2.08. The molecule has 0 heterocycles. The van der Waals surface area contributed by atoms with E-state index in [9.17, 15) is 5.11 Å². The number of nitrogens with one attached hydrogen (secondary N) is 1. The molecule has 0 aromatic heterocycles. The summed E-state index contributed by atoms with van der Waals surface area (Å²) < 4.78 is 5.19. The summed E-state index contributed by atoms with van der Waals surface area (Å²) in [6.07, 6.45) is 0.955. The Morgan fingerprint density at radius 3 is 2.78 bits per heavy atom. The average molecular weight is 269 g/mol. The molecule has 1 unspecified atom stereocenters. The lowest BCUT2D eigenvalue weighted by molar-refractivity contribution is 0.232. The number of thioether (sulfide) groups is 1. The maximum atomic E-state index is 9.26. The van der Waals surface area contributed by atoms with Crippen LogP contribution in [0, 0.1) is 0 Å². The van der Waals surface area contributed by atoms with E-state index in [0.29, 0.717) is 6.04 Å². The van der Waals surface area contributed by atoms with Gasteiger partial charge in [0.05, 0.1) is 13.7 Å². The molecule has 1 atom stereocenters. The first kappa shape index (κ1) is 15.3.